The van der Waals surface area contributed by atoms with Crippen molar-refractivity contribution in [2.45, 2.75) is 33.6 Å². The van der Waals surface area contributed by atoms with Crippen LogP contribution in [0, 0.1) is 5.41 Å². The van der Waals surface area contributed by atoms with Crippen molar-refractivity contribution >= 4 is 11.9 Å². The molecule has 0 aromatic carbocycles. The van der Waals surface area contributed by atoms with Crippen LogP contribution in [0.1, 0.15) is 33.6 Å². The number of carbonyl (C=O) groups excluding carboxylic acids is 2. The fraction of sp³-hybridized carbons (Fsp3) is 0.857. The summed E-state index contributed by atoms with van der Waals surface area (Å²) in [6.45, 7) is 6.80. The van der Waals surface area contributed by atoms with Crippen LogP contribution in [0.25, 0.3) is 0 Å². The summed E-state index contributed by atoms with van der Waals surface area (Å²) in [5.41, 5.74) is -1.28. The SMILES string of the molecule is CCOC(=O)C(CC)(CCOCCOC)C(=O)OCC. The lowest BCUT2D eigenvalue weighted by molar-refractivity contribution is -0.174. The molecule has 0 amide bonds. The first kappa shape index (κ1) is 18.9. The quantitative estimate of drug-likeness (QED) is 0.327. The number of carbonyl (C=O) groups is 2. The van der Waals surface area contributed by atoms with E-state index in [0.29, 0.717) is 19.6 Å². The second-order valence-electron chi connectivity index (χ2n) is 4.23. The number of ether oxygens (including phenoxy) is 4. The summed E-state index contributed by atoms with van der Waals surface area (Å²) >= 11 is 0. The smallest absolute Gasteiger partial charge is 0.323 e. The van der Waals surface area contributed by atoms with Crippen molar-refractivity contribution in [2.24, 2.45) is 5.41 Å². The van der Waals surface area contributed by atoms with Gasteiger partial charge >= 0.3 is 11.9 Å². The highest BCUT2D eigenvalue weighted by Crippen LogP contribution is 2.30. The van der Waals surface area contributed by atoms with Gasteiger partial charge in [-0.3, -0.25) is 9.59 Å². The summed E-state index contributed by atoms with van der Waals surface area (Å²) in [6, 6.07) is 0. The lowest BCUT2D eigenvalue weighted by atomic mass is 9.82. The van der Waals surface area contributed by atoms with Crippen molar-refractivity contribution in [3.63, 3.8) is 0 Å². The van der Waals surface area contributed by atoms with Crippen LogP contribution < -0.4 is 0 Å². The molecule has 118 valence electrons. The van der Waals surface area contributed by atoms with E-state index in [9.17, 15) is 9.59 Å². The van der Waals surface area contributed by atoms with Gasteiger partial charge < -0.3 is 18.9 Å². The Labute approximate surface area is 120 Å². The first-order chi connectivity index (χ1) is 9.58. The van der Waals surface area contributed by atoms with Crippen LogP contribution in [0.2, 0.25) is 0 Å². The highest BCUT2D eigenvalue weighted by atomic mass is 16.6. The van der Waals surface area contributed by atoms with E-state index in [2.05, 4.69) is 0 Å². The van der Waals surface area contributed by atoms with E-state index in [1.165, 1.54) is 0 Å². The van der Waals surface area contributed by atoms with Crippen LogP contribution in [-0.2, 0) is 28.5 Å². The highest BCUT2D eigenvalue weighted by molar-refractivity contribution is 6.00. The highest BCUT2D eigenvalue weighted by Gasteiger charge is 2.47. The van der Waals surface area contributed by atoms with Crippen molar-refractivity contribution < 1.29 is 28.5 Å². The van der Waals surface area contributed by atoms with E-state index < -0.39 is 17.4 Å². The molecule has 0 aliphatic heterocycles. The normalized spacial score (nSPS) is 11.2. The lowest BCUT2D eigenvalue weighted by Gasteiger charge is -2.27. The minimum absolute atomic E-state index is 0.227. The van der Waals surface area contributed by atoms with Crippen molar-refractivity contribution in [3.05, 3.63) is 0 Å². The summed E-state index contributed by atoms with van der Waals surface area (Å²) in [5.74, 6) is -1.09. The Bertz CT molecular complexity index is 271. The fourth-order valence-corrected chi connectivity index (χ4v) is 1.78. The molecule has 0 heterocycles. The van der Waals surface area contributed by atoms with Crippen molar-refractivity contribution in [1.29, 1.82) is 0 Å². The van der Waals surface area contributed by atoms with Gasteiger partial charge in [0.05, 0.1) is 26.4 Å². The van der Waals surface area contributed by atoms with E-state index in [-0.39, 0.29) is 26.2 Å². The molecule has 0 atom stereocenters. The molecule has 0 rings (SSSR count). The van der Waals surface area contributed by atoms with Crippen molar-refractivity contribution in [1.82, 2.24) is 0 Å². The first-order valence-corrected chi connectivity index (χ1v) is 7.00. The first-order valence-electron chi connectivity index (χ1n) is 7.00. The summed E-state index contributed by atoms with van der Waals surface area (Å²) in [4.78, 5) is 24.3. The van der Waals surface area contributed by atoms with Gasteiger partial charge in [0.25, 0.3) is 0 Å². The number of hydrogen-bond acceptors (Lipinski definition) is 6. The van der Waals surface area contributed by atoms with Crippen LogP contribution >= 0.6 is 0 Å². The maximum absolute atomic E-state index is 12.1. The van der Waals surface area contributed by atoms with Crippen LogP contribution in [0.5, 0.6) is 0 Å². The fourth-order valence-electron chi connectivity index (χ4n) is 1.78. The Kier molecular flexibility index (Phi) is 10.0. The predicted molar refractivity (Wildman–Crippen MR) is 73.3 cm³/mol. The van der Waals surface area contributed by atoms with Crippen LogP contribution in [0.4, 0.5) is 0 Å². The maximum Gasteiger partial charge on any atom is 0.323 e. The van der Waals surface area contributed by atoms with Crippen molar-refractivity contribution in [3.8, 4) is 0 Å². The molecule has 0 radical (unpaired) electrons. The zero-order valence-electron chi connectivity index (χ0n) is 12.9. The summed E-state index contributed by atoms with van der Waals surface area (Å²) in [5, 5.41) is 0. The minimum Gasteiger partial charge on any atom is -0.465 e. The van der Waals surface area contributed by atoms with Crippen LogP contribution in [0.15, 0.2) is 0 Å². The minimum atomic E-state index is -1.28. The molecule has 0 aromatic heterocycles. The number of esters is 2. The van der Waals surface area contributed by atoms with Crippen LogP contribution in [-0.4, -0.2) is 52.1 Å². The van der Waals surface area contributed by atoms with Crippen LogP contribution in [0.3, 0.4) is 0 Å². The Morgan fingerprint density at radius 1 is 0.900 bits per heavy atom. The molecule has 0 saturated heterocycles. The van der Waals surface area contributed by atoms with Gasteiger partial charge in [0.15, 0.2) is 5.41 Å². The predicted octanol–water partition coefficient (Wildman–Crippen LogP) is 1.56. The monoisotopic (exact) mass is 290 g/mol. The average Bonchev–Trinajstić information content (AvgIpc) is 2.43. The van der Waals surface area contributed by atoms with E-state index in [4.69, 9.17) is 18.9 Å². The molecule has 6 heteroatoms. The third-order valence-corrected chi connectivity index (χ3v) is 3.04. The third kappa shape index (κ3) is 5.46. The second kappa shape index (κ2) is 10.6. The van der Waals surface area contributed by atoms with E-state index in [1.807, 2.05) is 0 Å². The van der Waals surface area contributed by atoms with E-state index >= 15 is 0 Å². The average molecular weight is 290 g/mol. The molecule has 0 aliphatic rings. The zero-order valence-corrected chi connectivity index (χ0v) is 12.9. The van der Waals surface area contributed by atoms with Gasteiger partial charge in [-0.25, -0.2) is 0 Å². The Morgan fingerprint density at radius 2 is 1.45 bits per heavy atom. The van der Waals surface area contributed by atoms with Gasteiger partial charge in [-0.05, 0) is 26.7 Å². The summed E-state index contributed by atoms with van der Waals surface area (Å²) in [6.07, 6.45) is 0.559. The van der Waals surface area contributed by atoms with Gasteiger partial charge in [-0.1, -0.05) is 6.92 Å². The molecule has 20 heavy (non-hydrogen) atoms. The lowest BCUT2D eigenvalue weighted by Crippen LogP contribution is -2.42. The summed E-state index contributed by atoms with van der Waals surface area (Å²) < 4.78 is 20.3. The van der Waals surface area contributed by atoms with Gasteiger partial charge in [0.1, 0.15) is 0 Å². The largest absolute Gasteiger partial charge is 0.465 e. The van der Waals surface area contributed by atoms with Gasteiger partial charge in [0.2, 0.25) is 0 Å². The zero-order chi connectivity index (χ0) is 15.4. The standard InChI is InChI=1S/C14H26O6/c1-5-14(12(15)19-6-2,13(16)20-7-3)8-9-18-11-10-17-4/h5-11H2,1-4H3. The molecule has 0 N–H and O–H groups in total. The Balaban J connectivity index is 4.74. The number of methoxy groups -OCH3 is 1. The number of rotatable bonds is 11. The van der Waals surface area contributed by atoms with Gasteiger partial charge in [0, 0.05) is 13.7 Å². The molecule has 0 saturated carbocycles. The Morgan fingerprint density at radius 3 is 1.85 bits per heavy atom. The van der Waals surface area contributed by atoms with Gasteiger partial charge in [-0.2, -0.15) is 0 Å². The van der Waals surface area contributed by atoms with E-state index in [1.54, 1.807) is 27.9 Å². The summed E-state index contributed by atoms with van der Waals surface area (Å²) in [7, 11) is 1.58. The maximum atomic E-state index is 12.1. The molecule has 0 aliphatic carbocycles. The number of hydrogen-bond donors (Lipinski definition) is 0. The molecule has 0 spiro atoms. The topological polar surface area (TPSA) is 71.1 Å². The molecule has 0 fully saturated rings. The molecule has 0 aromatic rings. The van der Waals surface area contributed by atoms with E-state index in [0.717, 1.165) is 0 Å². The second-order valence-corrected chi connectivity index (χ2v) is 4.23. The molecular weight excluding hydrogens is 264 g/mol. The third-order valence-electron chi connectivity index (χ3n) is 3.04. The Hall–Kier alpha value is -1.14. The molecule has 0 unspecified atom stereocenters. The van der Waals surface area contributed by atoms with Crippen molar-refractivity contribution in [2.75, 3.05) is 40.1 Å². The molecule has 6 nitrogen and oxygen atoms in total. The van der Waals surface area contributed by atoms with Gasteiger partial charge in [-0.15, -0.1) is 0 Å². The molecule has 0 bridgehead atoms. The molecular formula is C14H26O6.